The highest BCUT2D eigenvalue weighted by Crippen LogP contribution is 2.26. The van der Waals surface area contributed by atoms with Crippen molar-refractivity contribution >= 4 is 10.0 Å². The van der Waals surface area contributed by atoms with Crippen LogP contribution < -0.4 is 0 Å². The van der Waals surface area contributed by atoms with E-state index in [1.165, 1.54) is 11.1 Å². The van der Waals surface area contributed by atoms with Crippen molar-refractivity contribution in [3.8, 4) is 0 Å². The lowest BCUT2D eigenvalue weighted by Crippen LogP contribution is -2.29. The quantitative estimate of drug-likeness (QED) is 0.805. The molecule has 1 heterocycles. The lowest BCUT2D eigenvalue weighted by molar-refractivity contribution is 0.480. The Labute approximate surface area is 138 Å². The summed E-state index contributed by atoms with van der Waals surface area (Å²) >= 11 is 0. The van der Waals surface area contributed by atoms with Crippen molar-refractivity contribution in [2.24, 2.45) is 0 Å². The Bertz CT molecular complexity index is 821. The summed E-state index contributed by atoms with van der Waals surface area (Å²) in [6.45, 7) is 4.95. The Morgan fingerprint density at radius 1 is 0.913 bits per heavy atom. The third kappa shape index (κ3) is 3.38. The van der Waals surface area contributed by atoms with Crippen molar-refractivity contribution in [1.82, 2.24) is 4.31 Å². The second kappa shape index (κ2) is 6.30. The lowest BCUT2D eigenvalue weighted by Gasteiger charge is -2.17. The first-order valence-electron chi connectivity index (χ1n) is 7.75. The fourth-order valence-corrected chi connectivity index (χ4v) is 4.33. The highest BCUT2D eigenvalue weighted by molar-refractivity contribution is 7.89. The molecular weight excluding hydrogens is 306 g/mol. The van der Waals surface area contributed by atoms with Crippen LogP contribution in [-0.4, -0.2) is 25.8 Å². The van der Waals surface area contributed by atoms with E-state index < -0.39 is 10.0 Å². The fourth-order valence-electron chi connectivity index (χ4n) is 2.86. The first-order chi connectivity index (χ1) is 11.0. The van der Waals surface area contributed by atoms with Crippen molar-refractivity contribution < 1.29 is 8.42 Å². The molecule has 0 amide bonds. The summed E-state index contributed by atoms with van der Waals surface area (Å²) < 4.78 is 27.2. The molecule has 0 N–H and O–H groups in total. The van der Waals surface area contributed by atoms with Crippen molar-refractivity contribution in [2.45, 2.75) is 25.2 Å². The minimum atomic E-state index is -3.42. The van der Waals surface area contributed by atoms with Gasteiger partial charge in [-0.1, -0.05) is 59.2 Å². The van der Waals surface area contributed by atoms with Crippen LogP contribution in [0.4, 0.5) is 0 Å². The van der Waals surface area contributed by atoms with Crippen LogP contribution in [0.1, 0.15) is 18.1 Å². The predicted molar refractivity (Wildman–Crippen MR) is 92.8 cm³/mol. The summed E-state index contributed by atoms with van der Waals surface area (Å²) in [5, 5.41) is 0. The van der Waals surface area contributed by atoms with Gasteiger partial charge >= 0.3 is 0 Å². The van der Waals surface area contributed by atoms with Crippen molar-refractivity contribution in [3.05, 3.63) is 76.9 Å². The van der Waals surface area contributed by atoms with E-state index in [1.54, 1.807) is 16.4 Å². The van der Waals surface area contributed by atoms with Crippen LogP contribution in [-0.2, 0) is 16.4 Å². The zero-order valence-corrected chi connectivity index (χ0v) is 14.3. The SMILES string of the molecule is CC1=C(Cc2ccccc2)CN(S(=O)(=O)c2ccc(C)cc2)C1. The van der Waals surface area contributed by atoms with E-state index in [0.717, 1.165) is 17.6 Å². The van der Waals surface area contributed by atoms with Crippen molar-refractivity contribution in [1.29, 1.82) is 0 Å². The fraction of sp³-hybridized carbons (Fsp3) is 0.263. The third-order valence-electron chi connectivity index (χ3n) is 4.30. The molecule has 0 saturated heterocycles. The van der Waals surface area contributed by atoms with Gasteiger partial charge in [0.05, 0.1) is 4.90 Å². The molecular formula is C19H21NO2S. The molecule has 0 spiro atoms. The Morgan fingerprint density at radius 3 is 2.22 bits per heavy atom. The molecule has 0 aliphatic carbocycles. The van der Waals surface area contributed by atoms with Gasteiger partial charge in [-0.15, -0.1) is 0 Å². The molecule has 0 unspecified atom stereocenters. The first kappa shape index (κ1) is 16.0. The van der Waals surface area contributed by atoms with E-state index >= 15 is 0 Å². The van der Waals surface area contributed by atoms with Gasteiger partial charge in [-0.05, 0) is 38.0 Å². The first-order valence-corrected chi connectivity index (χ1v) is 9.19. The summed E-state index contributed by atoms with van der Waals surface area (Å²) in [6, 6.07) is 17.2. The lowest BCUT2D eigenvalue weighted by atomic mass is 10.0. The Balaban J connectivity index is 1.78. The molecule has 0 radical (unpaired) electrons. The number of aryl methyl sites for hydroxylation is 1. The Kier molecular flexibility index (Phi) is 4.37. The van der Waals surface area contributed by atoms with E-state index in [0.29, 0.717) is 18.0 Å². The predicted octanol–water partition coefficient (Wildman–Crippen LogP) is 3.56. The molecule has 120 valence electrons. The summed E-state index contributed by atoms with van der Waals surface area (Å²) in [6.07, 6.45) is 0.812. The van der Waals surface area contributed by atoms with Gasteiger partial charge in [-0.25, -0.2) is 8.42 Å². The van der Waals surface area contributed by atoms with Gasteiger partial charge in [0.25, 0.3) is 0 Å². The van der Waals surface area contributed by atoms with Crippen LogP contribution in [0.2, 0.25) is 0 Å². The molecule has 1 aliphatic heterocycles. The summed E-state index contributed by atoms with van der Waals surface area (Å²) in [4.78, 5) is 0.372. The topological polar surface area (TPSA) is 37.4 Å². The van der Waals surface area contributed by atoms with E-state index in [9.17, 15) is 8.42 Å². The minimum absolute atomic E-state index is 0.372. The largest absolute Gasteiger partial charge is 0.243 e. The van der Waals surface area contributed by atoms with Crippen LogP contribution in [0.3, 0.4) is 0 Å². The van der Waals surface area contributed by atoms with Crippen molar-refractivity contribution in [2.75, 3.05) is 13.1 Å². The molecule has 4 heteroatoms. The Morgan fingerprint density at radius 2 is 1.57 bits per heavy atom. The number of hydrogen-bond acceptors (Lipinski definition) is 2. The number of hydrogen-bond donors (Lipinski definition) is 0. The number of benzene rings is 2. The highest BCUT2D eigenvalue weighted by atomic mass is 32.2. The smallest absolute Gasteiger partial charge is 0.207 e. The van der Waals surface area contributed by atoms with Gasteiger partial charge in [-0.3, -0.25) is 0 Å². The van der Waals surface area contributed by atoms with Gasteiger partial charge in [0, 0.05) is 13.1 Å². The number of sulfonamides is 1. The number of rotatable bonds is 4. The molecule has 0 saturated carbocycles. The van der Waals surface area contributed by atoms with E-state index in [1.807, 2.05) is 44.2 Å². The molecule has 1 aliphatic rings. The second-order valence-corrected chi connectivity index (χ2v) is 8.07. The van der Waals surface area contributed by atoms with Crippen LogP contribution in [0, 0.1) is 6.92 Å². The third-order valence-corrected chi connectivity index (χ3v) is 6.11. The van der Waals surface area contributed by atoms with E-state index in [-0.39, 0.29) is 0 Å². The molecule has 0 aromatic heterocycles. The maximum Gasteiger partial charge on any atom is 0.243 e. The van der Waals surface area contributed by atoms with Crippen LogP contribution in [0.15, 0.2) is 70.6 Å². The van der Waals surface area contributed by atoms with Gasteiger partial charge in [0.2, 0.25) is 10.0 Å². The maximum atomic E-state index is 12.8. The normalized spacial score (nSPS) is 16.1. The molecule has 3 rings (SSSR count). The van der Waals surface area contributed by atoms with Gasteiger partial charge in [0.1, 0.15) is 0 Å². The zero-order valence-electron chi connectivity index (χ0n) is 13.5. The highest BCUT2D eigenvalue weighted by Gasteiger charge is 2.30. The van der Waals surface area contributed by atoms with Crippen LogP contribution in [0.25, 0.3) is 0 Å². The monoisotopic (exact) mass is 327 g/mol. The van der Waals surface area contributed by atoms with Gasteiger partial charge < -0.3 is 0 Å². The molecule has 3 nitrogen and oxygen atoms in total. The van der Waals surface area contributed by atoms with Gasteiger partial charge in [0.15, 0.2) is 0 Å². The zero-order chi connectivity index (χ0) is 16.4. The summed E-state index contributed by atoms with van der Waals surface area (Å²) in [7, 11) is -3.42. The average Bonchev–Trinajstić information content (AvgIpc) is 2.90. The van der Waals surface area contributed by atoms with Crippen LogP contribution in [0.5, 0.6) is 0 Å². The maximum absolute atomic E-state index is 12.8. The molecule has 0 atom stereocenters. The summed E-state index contributed by atoms with van der Waals surface area (Å²) in [5.74, 6) is 0. The molecule has 0 bridgehead atoms. The minimum Gasteiger partial charge on any atom is -0.207 e. The second-order valence-electron chi connectivity index (χ2n) is 6.13. The van der Waals surface area contributed by atoms with E-state index in [2.05, 4.69) is 12.1 Å². The van der Waals surface area contributed by atoms with Crippen LogP contribution >= 0.6 is 0 Å². The standard InChI is InChI=1S/C19H21NO2S/c1-15-8-10-19(11-9-15)23(21,22)20-13-16(2)18(14-20)12-17-6-4-3-5-7-17/h3-11H,12-14H2,1-2H3. The van der Waals surface area contributed by atoms with E-state index in [4.69, 9.17) is 0 Å². The number of nitrogens with zero attached hydrogens (tertiary/aromatic N) is 1. The van der Waals surface area contributed by atoms with Crippen molar-refractivity contribution in [3.63, 3.8) is 0 Å². The summed E-state index contributed by atoms with van der Waals surface area (Å²) in [5.41, 5.74) is 4.64. The molecule has 23 heavy (non-hydrogen) atoms. The van der Waals surface area contributed by atoms with Gasteiger partial charge in [-0.2, -0.15) is 4.31 Å². The molecule has 2 aromatic carbocycles. The molecule has 0 fully saturated rings. The average molecular weight is 327 g/mol. The molecule has 2 aromatic rings. The Hall–Kier alpha value is -1.91.